The largest absolute Gasteiger partial charge is 0.308 e. The van der Waals surface area contributed by atoms with E-state index in [2.05, 4.69) is 10.4 Å². The Labute approximate surface area is 105 Å². The van der Waals surface area contributed by atoms with Crippen LogP contribution in [0, 0.1) is 11.3 Å². The van der Waals surface area contributed by atoms with Crippen LogP contribution in [0.25, 0.3) is 0 Å². The minimum atomic E-state index is -3.89. The van der Waals surface area contributed by atoms with Crippen molar-refractivity contribution in [2.24, 2.45) is 23.5 Å². The lowest BCUT2D eigenvalue weighted by Crippen LogP contribution is -2.20. The molecule has 100 valence electrons. The van der Waals surface area contributed by atoms with E-state index >= 15 is 0 Å². The Morgan fingerprint density at radius 3 is 2.61 bits per heavy atom. The Hall–Kier alpha value is -1.41. The summed E-state index contributed by atoms with van der Waals surface area (Å²) in [5.41, 5.74) is -0.0272. The third kappa shape index (κ3) is 2.39. The molecular formula is C10H16N4O3S. The van der Waals surface area contributed by atoms with E-state index in [1.54, 1.807) is 7.05 Å². The number of hydrogen-bond donors (Lipinski definition) is 2. The fraction of sp³-hybridized carbons (Fsp3) is 0.600. The molecule has 1 aliphatic carbocycles. The number of nitrogens with one attached hydrogen (secondary N) is 1. The first kappa shape index (κ1) is 13.0. The van der Waals surface area contributed by atoms with Gasteiger partial charge in [-0.1, -0.05) is 13.8 Å². The predicted octanol–water partition coefficient (Wildman–Crippen LogP) is 0.0521. The number of nitrogens with zero attached hydrogens (tertiary/aromatic N) is 2. The Balaban J connectivity index is 2.23. The number of amides is 1. The summed E-state index contributed by atoms with van der Waals surface area (Å²) < 4.78 is 24.0. The minimum Gasteiger partial charge on any atom is -0.308 e. The number of primary sulfonamides is 1. The number of carbonyl (C=O) groups is 1. The molecule has 0 aliphatic heterocycles. The van der Waals surface area contributed by atoms with Gasteiger partial charge in [-0.2, -0.15) is 5.10 Å². The number of rotatable bonds is 3. The van der Waals surface area contributed by atoms with Crippen molar-refractivity contribution in [3.63, 3.8) is 0 Å². The molecule has 1 fully saturated rings. The summed E-state index contributed by atoms with van der Waals surface area (Å²) in [5, 5.41) is 11.5. The maximum absolute atomic E-state index is 11.9. The van der Waals surface area contributed by atoms with Crippen molar-refractivity contribution in [1.82, 2.24) is 9.78 Å². The average molecular weight is 272 g/mol. The van der Waals surface area contributed by atoms with Crippen molar-refractivity contribution in [2.45, 2.75) is 25.2 Å². The summed E-state index contributed by atoms with van der Waals surface area (Å²) in [4.78, 5) is 11.7. The number of hydrogen-bond acceptors (Lipinski definition) is 4. The van der Waals surface area contributed by atoms with Crippen LogP contribution in [0.1, 0.15) is 20.3 Å². The molecule has 1 saturated carbocycles. The Morgan fingerprint density at radius 1 is 1.61 bits per heavy atom. The van der Waals surface area contributed by atoms with E-state index < -0.39 is 10.0 Å². The van der Waals surface area contributed by atoms with Crippen molar-refractivity contribution in [1.29, 1.82) is 0 Å². The van der Waals surface area contributed by atoms with Gasteiger partial charge in [0.05, 0.1) is 0 Å². The van der Waals surface area contributed by atoms with Gasteiger partial charge in [-0.25, -0.2) is 13.6 Å². The zero-order chi connectivity index (χ0) is 13.7. The zero-order valence-electron chi connectivity index (χ0n) is 10.5. The van der Waals surface area contributed by atoms with Gasteiger partial charge >= 0.3 is 0 Å². The van der Waals surface area contributed by atoms with Gasteiger partial charge in [0.15, 0.2) is 5.82 Å². The van der Waals surface area contributed by atoms with Gasteiger partial charge in [-0.05, 0) is 11.8 Å². The van der Waals surface area contributed by atoms with Crippen LogP contribution in [0.2, 0.25) is 0 Å². The second-order valence-corrected chi connectivity index (χ2v) is 6.83. The van der Waals surface area contributed by atoms with Crippen LogP contribution >= 0.6 is 0 Å². The molecule has 1 aromatic heterocycles. The van der Waals surface area contributed by atoms with Gasteiger partial charge in [-0.3, -0.25) is 9.48 Å². The van der Waals surface area contributed by atoms with Crippen LogP contribution in [0.4, 0.5) is 5.82 Å². The van der Waals surface area contributed by atoms with Gasteiger partial charge < -0.3 is 5.32 Å². The van der Waals surface area contributed by atoms with E-state index in [-0.39, 0.29) is 28.0 Å². The molecule has 0 spiro atoms. The fourth-order valence-corrected chi connectivity index (χ4v) is 2.54. The minimum absolute atomic E-state index is 0.00676. The lowest BCUT2D eigenvalue weighted by Gasteiger charge is -2.05. The zero-order valence-corrected chi connectivity index (χ0v) is 11.3. The summed E-state index contributed by atoms with van der Waals surface area (Å²) in [6.45, 7) is 3.96. The van der Waals surface area contributed by atoms with Crippen molar-refractivity contribution >= 4 is 21.7 Å². The molecule has 1 amide bonds. The first-order valence-corrected chi connectivity index (χ1v) is 7.03. The molecule has 1 aromatic rings. The van der Waals surface area contributed by atoms with Gasteiger partial charge in [0, 0.05) is 19.2 Å². The standard InChI is InChI=1S/C10H16N4O3S/c1-10(2)4-6(10)9(15)12-8-7(18(11,16)17)5-14(3)13-8/h5-6H,4H2,1-3H3,(H2,11,16,17)(H,12,13,15). The predicted molar refractivity (Wildman–Crippen MR) is 65.1 cm³/mol. The first-order valence-electron chi connectivity index (χ1n) is 5.48. The highest BCUT2D eigenvalue weighted by Gasteiger charge is 2.50. The lowest BCUT2D eigenvalue weighted by molar-refractivity contribution is -0.118. The number of aromatic nitrogens is 2. The van der Waals surface area contributed by atoms with E-state index in [1.165, 1.54) is 10.9 Å². The SMILES string of the molecule is Cn1cc(S(N)(=O)=O)c(NC(=O)C2CC2(C)C)n1. The van der Waals surface area contributed by atoms with E-state index in [1.807, 2.05) is 13.8 Å². The van der Waals surface area contributed by atoms with Crippen molar-refractivity contribution < 1.29 is 13.2 Å². The highest BCUT2D eigenvalue weighted by atomic mass is 32.2. The van der Waals surface area contributed by atoms with E-state index in [9.17, 15) is 13.2 Å². The third-order valence-corrected chi connectivity index (χ3v) is 4.09. The molecule has 7 nitrogen and oxygen atoms in total. The second-order valence-electron chi connectivity index (χ2n) is 5.30. The summed E-state index contributed by atoms with van der Waals surface area (Å²) in [6.07, 6.45) is 2.05. The third-order valence-electron chi connectivity index (χ3n) is 3.17. The average Bonchev–Trinajstić information content (AvgIpc) is 2.64. The molecule has 1 aliphatic rings. The molecule has 18 heavy (non-hydrogen) atoms. The maximum atomic E-state index is 11.9. The van der Waals surface area contributed by atoms with Crippen molar-refractivity contribution in [3.05, 3.63) is 6.20 Å². The number of sulfonamides is 1. The van der Waals surface area contributed by atoms with Gasteiger partial charge in [0.1, 0.15) is 4.90 Å². The second kappa shape index (κ2) is 3.79. The highest BCUT2D eigenvalue weighted by Crippen LogP contribution is 2.52. The molecule has 8 heteroatoms. The topological polar surface area (TPSA) is 107 Å². The van der Waals surface area contributed by atoms with Crippen LogP contribution in [-0.2, 0) is 21.9 Å². The summed E-state index contributed by atoms with van der Waals surface area (Å²) in [5.74, 6) is -0.330. The summed E-state index contributed by atoms with van der Waals surface area (Å²) in [7, 11) is -2.33. The smallest absolute Gasteiger partial charge is 0.243 e. The molecule has 0 aromatic carbocycles. The molecule has 0 radical (unpaired) electrons. The normalized spacial score (nSPS) is 21.7. The molecule has 1 atom stereocenters. The summed E-state index contributed by atoms with van der Waals surface area (Å²) >= 11 is 0. The Morgan fingerprint density at radius 2 is 2.17 bits per heavy atom. The van der Waals surface area contributed by atoms with Crippen molar-refractivity contribution in [3.8, 4) is 0 Å². The van der Waals surface area contributed by atoms with Crippen LogP contribution < -0.4 is 10.5 Å². The monoisotopic (exact) mass is 272 g/mol. The Bertz CT molecular complexity index is 603. The van der Waals surface area contributed by atoms with Gasteiger partial charge in [0.2, 0.25) is 15.9 Å². The summed E-state index contributed by atoms with van der Waals surface area (Å²) in [6, 6.07) is 0. The lowest BCUT2D eigenvalue weighted by atomic mass is 10.1. The quantitative estimate of drug-likeness (QED) is 0.810. The molecule has 1 heterocycles. The molecule has 3 N–H and O–H groups in total. The van der Waals surface area contributed by atoms with Crippen LogP contribution in [0.5, 0.6) is 0 Å². The maximum Gasteiger partial charge on any atom is 0.243 e. The van der Waals surface area contributed by atoms with Crippen LogP contribution in [0.3, 0.4) is 0 Å². The molecule has 0 saturated heterocycles. The number of carbonyl (C=O) groups excluding carboxylic acids is 1. The first-order chi connectivity index (χ1) is 8.11. The number of aryl methyl sites for hydroxylation is 1. The fourth-order valence-electron chi connectivity index (χ4n) is 1.88. The van der Waals surface area contributed by atoms with Gasteiger partial charge in [-0.15, -0.1) is 0 Å². The van der Waals surface area contributed by atoms with Crippen molar-refractivity contribution in [2.75, 3.05) is 5.32 Å². The van der Waals surface area contributed by atoms with Crippen LogP contribution in [0.15, 0.2) is 11.1 Å². The van der Waals surface area contributed by atoms with E-state index in [0.717, 1.165) is 6.42 Å². The Kier molecular flexibility index (Phi) is 2.74. The molecular weight excluding hydrogens is 256 g/mol. The van der Waals surface area contributed by atoms with E-state index in [0.29, 0.717) is 0 Å². The van der Waals surface area contributed by atoms with E-state index in [4.69, 9.17) is 5.14 Å². The highest BCUT2D eigenvalue weighted by molar-refractivity contribution is 7.89. The van der Waals surface area contributed by atoms with Crippen LogP contribution in [-0.4, -0.2) is 24.1 Å². The number of nitrogens with two attached hydrogens (primary N) is 1. The molecule has 2 rings (SSSR count). The molecule has 0 bridgehead atoms. The number of anilines is 1. The van der Waals surface area contributed by atoms with Gasteiger partial charge in [0.25, 0.3) is 0 Å². The molecule has 1 unspecified atom stereocenters.